The molecule has 37 heavy (non-hydrogen) atoms. The molecule has 3 atom stereocenters. The lowest BCUT2D eigenvalue weighted by Crippen LogP contribution is -2.10. The molecule has 210 valence electrons. The topological polar surface area (TPSA) is 46.5 Å². The van der Waals surface area contributed by atoms with Gasteiger partial charge in [-0.2, -0.15) is 11.8 Å². The molecule has 3 nitrogen and oxygen atoms in total. The molecule has 1 N–H and O–H groups in total. The Morgan fingerprint density at radius 2 is 1.57 bits per heavy atom. The van der Waals surface area contributed by atoms with Crippen molar-refractivity contribution in [1.82, 2.24) is 0 Å². The summed E-state index contributed by atoms with van der Waals surface area (Å²) in [5, 5.41) is 11.3. The number of phenols is 1. The molecule has 0 radical (unpaired) electrons. The second-order valence-corrected chi connectivity index (χ2v) is 12.7. The molecule has 0 aromatic heterocycles. The number of rotatable bonds is 18. The average Bonchev–Trinajstić information content (AvgIpc) is 2.77. The van der Waals surface area contributed by atoms with Crippen molar-refractivity contribution in [1.29, 1.82) is 0 Å². The van der Waals surface area contributed by atoms with Gasteiger partial charge in [0, 0.05) is 17.7 Å². The lowest BCUT2D eigenvalue weighted by molar-refractivity contribution is -0.131. The van der Waals surface area contributed by atoms with E-state index < -0.39 is 0 Å². The molecule has 0 saturated heterocycles. The van der Waals surface area contributed by atoms with Crippen LogP contribution in [-0.2, 0) is 11.2 Å². The first-order chi connectivity index (χ1) is 17.5. The maximum atomic E-state index is 12.0. The van der Waals surface area contributed by atoms with E-state index in [-0.39, 0.29) is 17.0 Å². The van der Waals surface area contributed by atoms with Crippen molar-refractivity contribution in [3.8, 4) is 11.5 Å². The summed E-state index contributed by atoms with van der Waals surface area (Å²) in [4.78, 5) is 12.0. The van der Waals surface area contributed by atoms with E-state index in [1.807, 2.05) is 23.9 Å². The highest BCUT2D eigenvalue weighted by atomic mass is 32.2. The van der Waals surface area contributed by atoms with E-state index in [2.05, 4.69) is 60.6 Å². The molecule has 1 aromatic carbocycles. The molecule has 0 saturated carbocycles. The van der Waals surface area contributed by atoms with Gasteiger partial charge in [0.15, 0.2) is 0 Å². The summed E-state index contributed by atoms with van der Waals surface area (Å²) < 4.78 is 5.72. The third-order valence-corrected chi connectivity index (χ3v) is 8.10. The number of aryl methyl sites for hydroxylation is 1. The molecule has 1 rings (SSSR count). The smallest absolute Gasteiger partial charge is 0.308 e. The second-order valence-electron chi connectivity index (χ2n) is 11.4. The highest BCUT2D eigenvalue weighted by Gasteiger charge is 2.25. The fourth-order valence-corrected chi connectivity index (χ4v) is 6.27. The van der Waals surface area contributed by atoms with Gasteiger partial charge in [0.25, 0.3) is 0 Å². The Labute approximate surface area is 232 Å². The molecular weight excluding hydrogens is 476 g/mol. The normalized spacial score (nSPS) is 13.5. The summed E-state index contributed by atoms with van der Waals surface area (Å²) in [5.74, 6) is 2.66. The molecule has 0 aliphatic rings. The average molecular weight is 531 g/mol. The summed E-state index contributed by atoms with van der Waals surface area (Å²) in [5.41, 5.74) is 4.58. The number of hydrogen-bond acceptors (Lipinski definition) is 4. The van der Waals surface area contributed by atoms with Crippen molar-refractivity contribution in [2.75, 3.05) is 5.75 Å². The number of esters is 1. The predicted molar refractivity (Wildman–Crippen MR) is 163 cm³/mol. The van der Waals surface area contributed by atoms with Gasteiger partial charge < -0.3 is 9.84 Å². The highest BCUT2D eigenvalue weighted by Crippen LogP contribution is 2.46. The van der Waals surface area contributed by atoms with E-state index in [0.29, 0.717) is 17.6 Å². The Morgan fingerprint density at radius 1 is 0.946 bits per heavy atom. The van der Waals surface area contributed by atoms with Crippen LogP contribution in [0.4, 0.5) is 0 Å². The number of benzene rings is 1. The Morgan fingerprint density at radius 3 is 2.14 bits per heavy atom. The maximum Gasteiger partial charge on any atom is 0.308 e. The van der Waals surface area contributed by atoms with E-state index >= 15 is 0 Å². The monoisotopic (exact) mass is 530 g/mol. The number of aromatic hydroxyl groups is 1. The quantitative estimate of drug-likeness (QED) is 0.0887. The molecule has 0 aliphatic carbocycles. The molecule has 0 spiro atoms. The maximum absolute atomic E-state index is 12.0. The Kier molecular flexibility index (Phi) is 16.7. The van der Waals surface area contributed by atoms with Crippen LogP contribution in [0.3, 0.4) is 0 Å². The number of phenolic OH excluding ortho intramolecular Hbond substituents is 1. The molecule has 0 heterocycles. The van der Waals surface area contributed by atoms with Crippen LogP contribution in [0.25, 0.3) is 0 Å². The van der Waals surface area contributed by atoms with Crippen LogP contribution in [0.5, 0.6) is 11.5 Å². The first kappa shape index (κ1) is 33.3. The zero-order valence-corrected chi connectivity index (χ0v) is 25.8. The Hall–Kier alpha value is -1.68. The number of thioether (sulfide) groups is 1. The van der Waals surface area contributed by atoms with Crippen LogP contribution >= 0.6 is 11.8 Å². The lowest BCUT2D eigenvalue weighted by atomic mass is 9.94. The summed E-state index contributed by atoms with van der Waals surface area (Å²) in [6, 6.07) is 3.90. The van der Waals surface area contributed by atoms with Crippen molar-refractivity contribution in [3.63, 3.8) is 0 Å². The summed E-state index contributed by atoms with van der Waals surface area (Å²) in [7, 11) is 0. The van der Waals surface area contributed by atoms with Crippen LogP contribution in [-0.4, -0.2) is 16.8 Å². The van der Waals surface area contributed by atoms with Crippen molar-refractivity contribution < 1.29 is 14.6 Å². The van der Waals surface area contributed by atoms with Gasteiger partial charge >= 0.3 is 5.97 Å². The summed E-state index contributed by atoms with van der Waals surface area (Å²) in [6.07, 6.45) is 15.5. The van der Waals surface area contributed by atoms with Crippen molar-refractivity contribution >= 4 is 17.7 Å². The Bertz CT molecular complexity index is 863. The van der Waals surface area contributed by atoms with Crippen molar-refractivity contribution in [2.24, 2.45) is 11.8 Å². The third-order valence-electron chi connectivity index (χ3n) is 6.79. The summed E-state index contributed by atoms with van der Waals surface area (Å²) >= 11 is 1.91. The number of unbranched alkanes of at least 4 members (excludes halogenated alkanes) is 2. The van der Waals surface area contributed by atoms with Crippen LogP contribution in [0.15, 0.2) is 35.4 Å². The van der Waals surface area contributed by atoms with Gasteiger partial charge in [-0.1, -0.05) is 56.9 Å². The minimum absolute atomic E-state index is 0.0886. The number of carbonyl (C=O) groups is 1. The molecule has 0 bridgehead atoms. The fourth-order valence-electron chi connectivity index (χ4n) is 4.58. The predicted octanol–water partition coefficient (Wildman–Crippen LogP) is 10.4. The third kappa shape index (κ3) is 14.7. The lowest BCUT2D eigenvalue weighted by Gasteiger charge is -2.25. The SMILES string of the molecule is CCCCCc1cc(O)c(C(CC(C)CCC=C(C)C)SCCC(C)CCC=C(C)C)c(OC(C)=O)c1. The molecule has 0 aliphatic heterocycles. The number of allylic oxidation sites excluding steroid dienone is 4. The van der Waals surface area contributed by atoms with Gasteiger partial charge in [0.2, 0.25) is 0 Å². The highest BCUT2D eigenvalue weighted by molar-refractivity contribution is 7.99. The van der Waals surface area contributed by atoms with Gasteiger partial charge in [-0.15, -0.1) is 0 Å². The van der Waals surface area contributed by atoms with E-state index in [0.717, 1.165) is 74.7 Å². The largest absolute Gasteiger partial charge is 0.507 e. The van der Waals surface area contributed by atoms with E-state index in [1.54, 1.807) is 0 Å². The second kappa shape index (κ2) is 18.6. The first-order valence-electron chi connectivity index (χ1n) is 14.5. The molecule has 4 heteroatoms. The molecule has 1 aromatic rings. The van der Waals surface area contributed by atoms with Gasteiger partial charge in [-0.25, -0.2) is 0 Å². The summed E-state index contributed by atoms with van der Waals surface area (Å²) in [6.45, 7) is 16.9. The zero-order valence-electron chi connectivity index (χ0n) is 25.0. The van der Waals surface area contributed by atoms with Crippen LogP contribution in [0.1, 0.15) is 130 Å². The van der Waals surface area contributed by atoms with E-state index in [1.165, 1.54) is 24.5 Å². The van der Waals surface area contributed by atoms with E-state index in [9.17, 15) is 9.90 Å². The molecular formula is C33H54O3S. The number of hydrogen-bond donors (Lipinski definition) is 1. The van der Waals surface area contributed by atoms with Crippen LogP contribution < -0.4 is 4.74 Å². The Balaban J connectivity index is 3.13. The molecule has 0 fully saturated rings. The van der Waals surface area contributed by atoms with Crippen LogP contribution in [0, 0.1) is 11.8 Å². The first-order valence-corrected chi connectivity index (χ1v) is 15.5. The molecule has 3 unspecified atom stereocenters. The van der Waals surface area contributed by atoms with E-state index in [4.69, 9.17) is 4.74 Å². The van der Waals surface area contributed by atoms with Gasteiger partial charge in [0.1, 0.15) is 11.5 Å². The standard InChI is InChI=1S/C33H54O3S/c1-9-10-11-18-29-22-30(35)33(31(23-29)36-28(8)34)32(21-27(7)17-13-15-25(4)5)37-20-19-26(6)16-12-14-24(2)3/h14-15,22-23,26-27,32,35H,9-13,16-21H2,1-8H3. The van der Waals surface area contributed by atoms with Crippen molar-refractivity contribution in [2.45, 2.75) is 125 Å². The van der Waals surface area contributed by atoms with Crippen molar-refractivity contribution in [3.05, 3.63) is 46.6 Å². The van der Waals surface area contributed by atoms with Crippen LogP contribution in [0.2, 0.25) is 0 Å². The fraction of sp³-hybridized carbons (Fsp3) is 0.667. The molecule has 0 amide bonds. The number of carbonyl (C=O) groups excluding carboxylic acids is 1. The minimum Gasteiger partial charge on any atom is -0.507 e. The zero-order chi connectivity index (χ0) is 27.8. The van der Waals surface area contributed by atoms with Gasteiger partial charge in [-0.05, 0) is 114 Å². The van der Waals surface area contributed by atoms with Gasteiger partial charge in [0.05, 0.1) is 0 Å². The van der Waals surface area contributed by atoms with Gasteiger partial charge in [-0.3, -0.25) is 4.79 Å². The number of ether oxygens (including phenoxy) is 1. The minimum atomic E-state index is -0.334.